The van der Waals surface area contributed by atoms with Crippen molar-refractivity contribution in [3.8, 4) is 0 Å². The van der Waals surface area contributed by atoms with E-state index in [0.717, 1.165) is 17.7 Å². The van der Waals surface area contributed by atoms with Crippen molar-refractivity contribution in [3.63, 3.8) is 0 Å². The molecular weight excluding hydrogens is 204 g/mol. The SMILES string of the molecule is O=S(c1ccccc1)C(Cl)C1CC1. The summed E-state index contributed by atoms with van der Waals surface area (Å²) in [7, 11) is -1.03. The first-order valence-electron chi connectivity index (χ1n) is 4.39. The highest BCUT2D eigenvalue weighted by molar-refractivity contribution is 7.87. The zero-order chi connectivity index (χ0) is 9.26. The number of benzene rings is 1. The summed E-state index contributed by atoms with van der Waals surface area (Å²) in [4.78, 5) is 0.842. The Morgan fingerprint density at radius 1 is 1.31 bits per heavy atom. The van der Waals surface area contributed by atoms with Gasteiger partial charge in [-0.15, -0.1) is 11.6 Å². The van der Waals surface area contributed by atoms with E-state index in [0.29, 0.717) is 5.92 Å². The van der Waals surface area contributed by atoms with Crippen molar-refractivity contribution >= 4 is 22.4 Å². The van der Waals surface area contributed by atoms with E-state index in [-0.39, 0.29) is 4.71 Å². The van der Waals surface area contributed by atoms with Crippen molar-refractivity contribution in [1.82, 2.24) is 0 Å². The normalized spacial score (nSPS) is 21.0. The van der Waals surface area contributed by atoms with Crippen LogP contribution in [0, 0.1) is 5.92 Å². The Labute approximate surface area is 85.6 Å². The third-order valence-corrected chi connectivity index (χ3v) is 4.55. The molecule has 13 heavy (non-hydrogen) atoms. The first-order valence-corrected chi connectivity index (χ1v) is 6.03. The number of hydrogen-bond acceptors (Lipinski definition) is 1. The minimum atomic E-state index is -1.03. The van der Waals surface area contributed by atoms with Crippen LogP contribution in [0.1, 0.15) is 12.8 Å². The van der Waals surface area contributed by atoms with Crippen LogP contribution >= 0.6 is 11.6 Å². The maximum atomic E-state index is 11.8. The molecule has 1 aromatic carbocycles. The average Bonchev–Trinajstić information content (AvgIpc) is 3.00. The summed E-state index contributed by atoms with van der Waals surface area (Å²) in [5.74, 6) is 0.475. The largest absolute Gasteiger partial charge is 0.253 e. The minimum absolute atomic E-state index is 0.192. The lowest BCUT2D eigenvalue weighted by molar-refractivity contribution is 0.676. The van der Waals surface area contributed by atoms with Crippen molar-refractivity contribution in [2.45, 2.75) is 22.4 Å². The van der Waals surface area contributed by atoms with Gasteiger partial charge in [-0.2, -0.15) is 0 Å². The molecule has 0 aliphatic heterocycles. The first kappa shape index (κ1) is 9.22. The molecular formula is C10H11ClOS. The molecule has 0 heterocycles. The molecule has 3 heteroatoms. The molecule has 2 rings (SSSR count). The Hall–Kier alpha value is -0.340. The van der Waals surface area contributed by atoms with E-state index in [1.165, 1.54) is 0 Å². The predicted octanol–water partition coefficient (Wildman–Crippen LogP) is 2.77. The number of alkyl halides is 1. The standard InChI is InChI=1S/C10H11ClOS/c11-10(8-6-7-8)13(12)9-4-2-1-3-5-9/h1-5,8,10H,6-7H2. The lowest BCUT2D eigenvalue weighted by Crippen LogP contribution is -2.09. The van der Waals surface area contributed by atoms with Gasteiger partial charge in [0.25, 0.3) is 0 Å². The summed E-state index contributed by atoms with van der Waals surface area (Å²) < 4.78 is 11.6. The third kappa shape index (κ3) is 2.12. The molecule has 0 aromatic heterocycles. The topological polar surface area (TPSA) is 17.1 Å². The molecule has 0 bridgehead atoms. The highest BCUT2D eigenvalue weighted by Crippen LogP contribution is 2.38. The molecule has 1 aliphatic rings. The van der Waals surface area contributed by atoms with Gasteiger partial charge in [0.2, 0.25) is 0 Å². The Bertz CT molecular complexity index is 308. The van der Waals surface area contributed by atoms with E-state index in [2.05, 4.69) is 0 Å². The van der Waals surface area contributed by atoms with Gasteiger partial charge in [-0.05, 0) is 30.9 Å². The first-order chi connectivity index (χ1) is 6.29. The molecule has 2 atom stereocenters. The summed E-state index contributed by atoms with van der Waals surface area (Å²) >= 11 is 6.06. The summed E-state index contributed by atoms with van der Waals surface area (Å²) in [5.41, 5.74) is 0. The second-order valence-electron chi connectivity index (χ2n) is 3.30. The van der Waals surface area contributed by atoms with Gasteiger partial charge in [0.05, 0.1) is 10.8 Å². The summed E-state index contributed by atoms with van der Waals surface area (Å²) in [5, 5.41) is 0. The third-order valence-electron chi connectivity index (χ3n) is 2.17. The monoisotopic (exact) mass is 214 g/mol. The van der Waals surface area contributed by atoms with Crippen molar-refractivity contribution in [1.29, 1.82) is 0 Å². The Kier molecular flexibility index (Phi) is 2.70. The smallest absolute Gasteiger partial charge is 0.116 e. The van der Waals surface area contributed by atoms with E-state index in [1.807, 2.05) is 30.3 Å². The fraction of sp³-hybridized carbons (Fsp3) is 0.400. The van der Waals surface area contributed by atoms with Crippen LogP contribution in [0.15, 0.2) is 35.2 Å². The maximum absolute atomic E-state index is 11.8. The Morgan fingerprint density at radius 2 is 1.92 bits per heavy atom. The van der Waals surface area contributed by atoms with Gasteiger partial charge in [-0.3, -0.25) is 4.21 Å². The highest BCUT2D eigenvalue weighted by Gasteiger charge is 2.34. The molecule has 1 fully saturated rings. The van der Waals surface area contributed by atoms with Crippen molar-refractivity contribution in [2.75, 3.05) is 0 Å². The summed E-state index contributed by atoms with van der Waals surface area (Å²) in [6, 6.07) is 9.44. The minimum Gasteiger partial charge on any atom is -0.253 e. The van der Waals surface area contributed by atoms with E-state index < -0.39 is 10.8 Å². The lowest BCUT2D eigenvalue weighted by Gasteiger charge is -2.07. The van der Waals surface area contributed by atoms with Gasteiger partial charge >= 0.3 is 0 Å². The van der Waals surface area contributed by atoms with Gasteiger partial charge in [0, 0.05) is 4.90 Å². The molecule has 2 unspecified atom stereocenters. The second-order valence-corrected chi connectivity index (χ2v) is 5.60. The van der Waals surface area contributed by atoms with Gasteiger partial charge < -0.3 is 0 Å². The van der Waals surface area contributed by atoms with E-state index in [9.17, 15) is 4.21 Å². The van der Waals surface area contributed by atoms with Crippen LogP contribution in [-0.2, 0) is 10.8 Å². The molecule has 1 nitrogen and oxygen atoms in total. The molecule has 70 valence electrons. The van der Waals surface area contributed by atoms with Gasteiger partial charge in [-0.1, -0.05) is 18.2 Å². The van der Waals surface area contributed by atoms with Crippen molar-refractivity contribution < 1.29 is 4.21 Å². The zero-order valence-corrected chi connectivity index (χ0v) is 8.72. The number of rotatable bonds is 3. The van der Waals surface area contributed by atoms with Crippen LogP contribution in [0.3, 0.4) is 0 Å². The summed E-state index contributed by atoms with van der Waals surface area (Å²) in [6.45, 7) is 0. The molecule has 0 saturated heterocycles. The zero-order valence-electron chi connectivity index (χ0n) is 7.15. The molecule has 0 amide bonds. The number of hydrogen-bond donors (Lipinski definition) is 0. The van der Waals surface area contributed by atoms with E-state index >= 15 is 0 Å². The molecule has 0 spiro atoms. The van der Waals surface area contributed by atoms with Crippen LogP contribution in [0.5, 0.6) is 0 Å². The average molecular weight is 215 g/mol. The number of halogens is 1. The maximum Gasteiger partial charge on any atom is 0.116 e. The van der Waals surface area contributed by atoms with Crippen molar-refractivity contribution in [2.24, 2.45) is 5.92 Å². The van der Waals surface area contributed by atoms with Crippen LogP contribution in [0.4, 0.5) is 0 Å². The Balaban J connectivity index is 2.12. The van der Waals surface area contributed by atoms with Gasteiger partial charge in [0.15, 0.2) is 0 Å². The van der Waals surface area contributed by atoms with E-state index in [4.69, 9.17) is 11.6 Å². The fourth-order valence-corrected chi connectivity index (χ4v) is 3.09. The lowest BCUT2D eigenvalue weighted by atomic mass is 10.4. The van der Waals surface area contributed by atoms with Crippen LogP contribution in [0.2, 0.25) is 0 Å². The Morgan fingerprint density at radius 3 is 2.46 bits per heavy atom. The van der Waals surface area contributed by atoms with Crippen molar-refractivity contribution in [3.05, 3.63) is 30.3 Å². The van der Waals surface area contributed by atoms with Gasteiger partial charge in [0.1, 0.15) is 4.71 Å². The van der Waals surface area contributed by atoms with Crippen LogP contribution in [-0.4, -0.2) is 8.92 Å². The molecule has 0 N–H and O–H groups in total. The predicted molar refractivity (Wildman–Crippen MR) is 55.2 cm³/mol. The fourth-order valence-electron chi connectivity index (χ4n) is 1.22. The molecule has 1 aromatic rings. The second kappa shape index (κ2) is 3.81. The van der Waals surface area contributed by atoms with Crippen LogP contribution < -0.4 is 0 Å². The molecule has 0 radical (unpaired) electrons. The van der Waals surface area contributed by atoms with Crippen LogP contribution in [0.25, 0.3) is 0 Å². The summed E-state index contributed by atoms with van der Waals surface area (Å²) in [6.07, 6.45) is 2.26. The quantitative estimate of drug-likeness (QED) is 0.708. The molecule has 1 aliphatic carbocycles. The highest BCUT2D eigenvalue weighted by atomic mass is 35.5. The van der Waals surface area contributed by atoms with E-state index in [1.54, 1.807) is 0 Å². The molecule has 1 saturated carbocycles. The van der Waals surface area contributed by atoms with Gasteiger partial charge in [-0.25, -0.2) is 0 Å².